The van der Waals surface area contributed by atoms with E-state index in [2.05, 4.69) is 11.2 Å². The van der Waals surface area contributed by atoms with Crippen LogP contribution in [0.5, 0.6) is 0 Å². The third kappa shape index (κ3) is 2.53. The summed E-state index contributed by atoms with van der Waals surface area (Å²) in [6.45, 7) is 2.33. The Hall–Kier alpha value is -1.05. The quantitative estimate of drug-likeness (QED) is 0.497. The van der Waals surface area contributed by atoms with Crippen molar-refractivity contribution >= 4 is 5.91 Å². The van der Waals surface area contributed by atoms with E-state index in [1.807, 2.05) is 4.90 Å². The van der Waals surface area contributed by atoms with E-state index >= 15 is 0 Å². The van der Waals surface area contributed by atoms with Gasteiger partial charge in [-0.15, -0.1) is 6.42 Å². The lowest BCUT2D eigenvalue weighted by atomic mass is 10.1. The third-order valence-electron chi connectivity index (χ3n) is 1.74. The molecule has 1 aliphatic heterocycles. The molecule has 4 nitrogen and oxygen atoms in total. The number of carbonyl (C=O) groups excluding carboxylic acids is 1. The SMILES string of the molecule is C#CCNC(=O)CN1CC(N)C1. The number of hydrogen-bond donors (Lipinski definition) is 2. The number of rotatable bonds is 3. The Morgan fingerprint density at radius 1 is 1.75 bits per heavy atom. The fourth-order valence-electron chi connectivity index (χ4n) is 1.15. The molecule has 66 valence electrons. The van der Waals surface area contributed by atoms with Crippen molar-refractivity contribution in [3.63, 3.8) is 0 Å². The second-order valence-electron chi connectivity index (χ2n) is 2.94. The van der Waals surface area contributed by atoms with Gasteiger partial charge in [-0.3, -0.25) is 9.69 Å². The molecule has 0 bridgehead atoms. The number of nitrogens with one attached hydrogen (secondary N) is 1. The molecular weight excluding hydrogens is 154 g/mol. The van der Waals surface area contributed by atoms with Crippen LogP contribution in [0.15, 0.2) is 0 Å². The molecule has 0 aliphatic carbocycles. The summed E-state index contributed by atoms with van der Waals surface area (Å²) in [7, 11) is 0. The topological polar surface area (TPSA) is 58.4 Å². The lowest BCUT2D eigenvalue weighted by molar-refractivity contribution is -0.123. The molecule has 0 saturated carbocycles. The first-order chi connectivity index (χ1) is 5.72. The Kier molecular flexibility index (Phi) is 3.09. The summed E-state index contributed by atoms with van der Waals surface area (Å²) >= 11 is 0. The number of nitrogens with zero attached hydrogens (tertiary/aromatic N) is 1. The van der Waals surface area contributed by atoms with Gasteiger partial charge in [0.2, 0.25) is 5.91 Å². The monoisotopic (exact) mass is 167 g/mol. The number of nitrogens with two attached hydrogens (primary N) is 1. The van der Waals surface area contributed by atoms with Gasteiger partial charge in [0.15, 0.2) is 0 Å². The van der Waals surface area contributed by atoms with Crippen molar-refractivity contribution in [2.45, 2.75) is 6.04 Å². The van der Waals surface area contributed by atoms with Crippen LogP contribution in [0.2, 0.25) is 0 Å². The highest BCUT2D eigenvalue weighted by atomic mass is 16.2. The predicted octanol–water partition coefficient (Wildman–Crippen LogP) is -1.62. The largest absolute Gasteiger partial charge is 0.344 e. The second kappa shape index (κ2) is 4.10. The van der Waals surface area contributed by atoms with E-state index in [0.29, 0.717) is 13.1 Å². The minimum atomic E-state index is -0.0279. The van der Waals surface area contributed by atoms with Gasteiger partial charge in [-0.2, -0.15) is 0 Å². The average molecular weight is 167 g/mol. The Labute approximate surface area is 72.1 Å². The van der Waals surface area contributed by atoms with Crippen LogP contribution < -0.4 is 11.1 Å². The molecule has 1 aliphatic rings. The van der Waals surface area contributed by atoms with Crippen LogP contribution >= 0.6 is 0 Å². The molecule has 1 rings (SSSR count). The van der Waals surface area contributed by atoms with E-state index in [1.165, 1.54) is 0 Å². The maximum Gasteiger partial charge on any atom is 0.234 e. The summed E-state index contributed by atoms with van der Waals surface area (Å²) < 4.78 is 0. The minimum Gasteiger partial charge on any atom is -0.344 e. The molecule has 4 heteroatoms. The summed E-state index contributed by atoms with van der Waals surface area (Å²) in [6.07, 6.45) is 4.98. The smallest absolute Gasteiger partial charge is 0.234 e. The van der Waals surface area contributed by atoms with Crippen LogP contribution in [0.1, 0.15) is 0 Å². The standard InChI is InChI=1S/C8H13N3O/c1-2-3-10-8(12)6-11-4-7(9)5-11/h1,7H,3-6,9H2,(H,10,12). The number of amides is 1. The Morgan fingerprint density at radius 3 is 2.92 bits per heavy atom. The molecule has 1 heterocycles. The van der Waals surface area contributed by atoms with Gasteiger partial charge in [0.25, 0.3) is 0 Å². The van der Waals surface area contributed by atoms with Crippen molar-refractivity contribution in [2.24, 2.45) is 5.73 Å². The normalized spacial score (nSPS) is 18.0. The summed E-state index contributed by atoms with van der Waals surface area (Å²) in [6, 6.07) is 0.241. The molecular formula is C8H13N3O. The first-order valence-electron chi connectivity index (χ1n) is 3.90. The molecule has 12 heavy (non-hydrogen) atoms. The highest BCUT2D eigenvalue weighted by molar-refractivity contribution is 5.78. The zero-order valence-electron chi connectivity index (χ0n) is 6.92. The maximum absolute atomic E-state index is 11.0. The fourth-order valence-corrected chi connectivity index (χ4v) is 1.15. The number of carbonyl (C=O) groups is 1. The van der Waals surface area contributed by atoms with Gasteiger partial charge in [-0.05, 0) is 0 Å². The highest BCUT2D eigenvalue weighted by Gasteiger charge is 2.24. The maximum atomic E-state index is 11.0. The lowest BCUT2D eigenvalue weighted by Crippen LogP contribution is -2.57. The van der Waals surface area contributed by atoms with Crippen LogP contribution in [0.4, 0.5) is 0 Å². The zero-order chi connectivity index (χ0) is 8.97. The van der Waals surface area contributed by atoms with E-state index in [0.717, 1.165) is 13.1 Å². The first kappa shape index (κ1) is 9.04. The zero-order valence-corrected chi connectivity index (χ0v) is 6.92. The van der Waals surface area contributed by atoms with E-state index < -0.39 is 0 Å². The molecule has 3 N–H and O–H groups in total. The Balaban J connectivity index is 2.07. The second-order valence-corrected chi connectivity index (χ2v) is 2.94. The van der Waals surface area contributed by atoms with E-state index in [-0.39, 0.29) is 11.9 Å². The molecule has 0 atom stereocenters. The van der Waals surface area contributed by atoms with Crippen LogP contribution in [0.3, 0.4) is 0 Å². The highest BCUT2D eigenvalue weighted by Crippen LogP contribution is 2.02. The van der Waals surface area contributed by atoms with Crippen molar-refractivity contribution in [3.8, 4) is 12.3 Å². The molecule has 1 amide bonds. The van der Waals surface area contributed by atoms with Crippen LogP contribution in [0.25, 0.3) is 0 Å². The average Bonchev–Trinajstić information content (AvgIpc) is 1.98. The van der Waals surface area contributed by atoms with E-state index in [1.54, 1.807) is 0 Å². The molecule has 0 unspecified atom stereocenters. The number of hydrogen-bond acceptors (Lipinski definition) is 3. The summed E-state index contributed by atoms with van der Waals surface area (Å²) in [5.41, 5.74) is 5.54. The Morgan fingerprint density at radius 2 is 2.42 bits per heavy atom. The minimum absolute atomic E-state index is 0.0279. The molecule has 0 radical (unpaired) electrons. The van der Waals surface area contributed by atoms with Crippen molar-refractivity contribution in [3.05, 3.63) is 0 Å². The fraction of sp³-hybridized carbons (Fsp3) is 0.625. The number of likely N-dealkylation sites (tertiary alicyclic amines) is 1. The van der Waals surface area contributed by atoms with Gasteiger partial charge in [-0.1, -0.05) is 5.92 Å². The van der Waals surface area contributed by atoms with Crippen molar-refractivity contribution in [2.75, 3.05) is 26.2 Å². The summed E-state index contributed by atoms with van der Waals surface area (Å²) in [4.78, 5) is 13.0. The predicted molar refractivity (Wildman–Crippen MR) is 46.3 cm³/mol. The molecule has 1 saturated heterocycles. The molecule has 0 spiro atoms. The van der Waals surface area contributed by atoms with Crippen molar-refractivity contribution in [1.29, 1.82) is 0 Å². The van der Waals surface area contributed by atoms with Crippen molar-refractivity contribution in [1.82, 2.24) is 10.2 Å². The van der Waals surface area contributed by atoms with Gasteiger partial charge in [-0.25, -0.2) is 0 Å². The van der Waals surface area contributed by atoms with E-state index in [4.69, 9.17) is 12.2 Å². The van der Waals surface area contributed by atoms with Crippen LogP contribution in [-0.2, 0) is 4.79 Å². The van der Waals surface area contributed by atoms with E-state index in [9.17, 15) is 4.79 Å². The van der Waals surface area contributed by atoms with Gasteiger partial charge in [0, 0.05) is 19.1 Å². The van der Waals surface area contributed by atoms with Crippen LogP contribution in [0, 0.1) is 12.3 Å². The summed E-state index contributed by atoms with van der Waals surface area (Å²) in [5, 5.41) is 2.59. The molecule has 0 aromatic heterocycles. The molecule has 0 aromatic rings. The molecule has 0 aromatic carbocycles. The van der Waals surface area contributed by atoms with Crippen LogP contribution in [-0.4, -0.2) is 43.0 Å². The van der Waals surface area contributed by atoms with Gasteiger partial charge in [0.1, 0.15) is 0 Å². The van der Waals surface area contributed by atoms with Gasteiger partial charge < -0.3 is 11.1 Å². The summed E-state index contributed by atoms with van der Waals surface area (Å²) in [5.74, 6) is 2.31. The van der Waals surface area contributed by atoms with Gasteiger partial charge in [0.05, 0.1) is 13.1 Å². The molecule has 1 fully saturated rings. The third-order valence-corrected chi connectivity index (χ3v) is 1.74. The first-order valence-corrected chi connectivity index (χ1v) is 3.90. The number of terminal acetylenes is 1. The van der Waals surface area contributed by atoms with Gasteiger partial charge >= 0.3 is 0 Å². The Bertz CT molecular complexity index is 203. The van der Waals surface area contributed by atoms with Crippen molar-refractivity contribution < 1.29 is 4.79 Å². The lowest BCUT2D eigenvalue weighted by Gasteiger charge is -2.35.